The standard InChI is InChI=1S/C18H20BrF3N4O/c1-24-17(27)16(19)15(11-23-24)26-8-2-7-25(9-10-26)12-13-3-5-14(6-4-13)18(20,21)22/h3-6,11H,2,7-10,12H2,1H3. The van der Waals surface area contributed by atoms with Crippen molar-refractivity contribution < 1.29 is 13.2 Å². The lowest BCUT2D eigenvalue weighted by Crippen LogP contribution is -2.32. The van der Waals surface area contributed by atoms with Crippen molar-refractivity contribution >= 4 is 21.6 Å². The summed E-state index contributed by atoms with van der Waals surface area (Å²) in [7, 11) is 1.60. The zero-order valence-corrected chi connectivity index (χ0v) is 16.4. The van der Waals surface area contributed by atoms with Crippen molar-refractivity contribution in [3.63, 3.8) is 0 Å². The molecule has 0 spiro atoms. The second-order valence-corrected chi connectivity index (χ2v) is 7.38. The average Bonchev–Trinajstić information content (AvgIpc) is 2.85. The SMILES string of the molecule is Cn1ncc(N2CCCN(Cc3ccc(C(F)(F)F)cc3)CC2)c(Br)c1=O. The molecule has 0 unspecified atom stereocenters. The molecule has 146 valence electrons. The molecule has 27 heavy (non-hydrogen) atoms. The average molecular weight is 445 g/mol. The van der Waals surface area contributed by atoms with Gasteiger partial charge in [0.1, 0.15) is 4.47 Å². The summed E-state index contributed by atoms with van der Waals surface area (Å²) in [6.45, 7) is 3.70. The first-order valence-electron chi connectivity index (χ1n) is 8.61. The van der Waals surface area contributed by atoms with E-state index in [1.807, 2.05) is 0 Å². The van der Waals surface area contributed by atoms with E-state index < -0.39 is 11.7 Å². The number of hydrogen-bond donors (Lipinski definition) is 0. The van der Waals surface area contributed by atoms with Crippen LogP contribution in [0.4, 0.5) is 18.9 Å². The van der Waals surface area contributed by atoms with Crippen molar-refractivity contribution in [3.05, 3.63) is 56.4 Å². The van der Waals surface area contributed by atoms with Crippen LogP contribution in [0.1, 0.15) is 17.5 Å². The molecule has 1 aromatic heterocycles. The summed E-state index contributed by atoms with van der Waals surface area (Å²) in [6.07, 6.45) is -1.74. The molecule has 0 saturated carbocycles. The normalized spacial score (nSPS) is 16.4. The van der Waals surface area contributed by atoms with E-state index in [4.69, 9.17) is 0 Å². The monoisotopic (exact) mass is 444 g/mol. The molecule has 9 heteroatoms. The molecule has 1 saturated heterocycles. The Hall–Kier alpha value is -1.87. The van der Waals surface area contributed by atoms with Crippen LogP contribution in [0.25, 0.3) is 0 Å². The fourth-order valence-corrected chi connectivity index (χ4v) is 3.76. The van der Waals surface area contributed by atoms with E-state index in [0.717, 1.165) is 49.4 Å². The third-order valence-corrected chi connectivity index (χ3v) is 5.42. The Balaban J connectivity index is 1.65. The number of anilines is 1. The van der Waals surface area contributed by atoms with Crippen molar-refractivity contribution in [1.82, 2.24) is 14.7 Å². The molecule has 0 aliphatic carbocycles. The number of halogens is 4. The molecule has 3 rings (SSSR count). The highest BCUT2D eigenvalue weighted by Gasteiger charge is 2.30. The van der Waals surface area contributed by atoms with Crippen molar-refractivity contribution in [3.8, 4) is 0 Å². The van der Waals surface area contributed by atoms with E-state index in [1.165, 1.54) is 16.8 Å². The fraction of sp³-hybridized carbons (Fsp3) is 0.444. The molecule has 2 heterocycles. The molecule has 0 N–H and O–H groups in total. The number of aryl methyl sites for hydroxylation is 1. The van der Waals surface area contributed by atoms with E-state index in [0.29, 0.717) is 17.6 Å². The van der Waals surface area contributed by atoms with Crippen LogP contribution in [-0.4, -0.2) is 40.9 Å². The molecular formula is C18H20BrF3N4O. The summed E-state index contributed by atoms with van der Waals surface area (Å²) in [6, 6.07) is 5.32. The lowest BCUT2D eigenvalue weighted by atomic mass is 10.1. The lowest BCUT2D eigenvalue weighted by molar-refractivity contribution is -0.137. The number of hydrogen-bond acceptors (Lipinski definition) is 4. The number of benzene rings is 1. The molecule has 1 aromatic carbocycles. The minimum atomic E-state index is -4.31. The van der Waals surface area contributed by atoms with Gasteiger partial charge in [0.15, 0.2) is 0 Å². The molecule has 0 radical (unpaired) electrons. The Labute approximate surface area is 163 Å². The quantitative estimate of drug-likeness (QED) is 0.728. The number of aromatic nitrogens is 2. The number of alkyl halides is 3. The van der Waals surface area contributed by atoms with Gasteiger partial charge in [-0.15, -0.1) is 0 Å². The van der Waals surface area contributed by atoms with Crippen LogP contribution in [-0.2, 0) is 19.8 Å². The van der Waals surface area contributed by atoms with E-state index in [9.17, 15) is 18.0 Å². The highest BCUT2D eigenvalue weighted by atomic mass is 79.9. The van der Waals surface area contributed by atoms with Gasteiger partial charge >= 0.3 is 6.18 Å². The minimum Gasteiger partial charge on any atom is -0.368 e. The molecule has 5 nitrogen and oxygen atoms in total. The van der Waals surface area contributed by atoms with Gasteiger partial charge in [-0.05, 0) is 40.0 Å². The van der Waals surface area contributed by atoms with Crippen LogP contribution in [0.2, 0.25) is 0 Å². The van der Waals surface area contributed by atoms with Crippen molar-refractivity contribution in [2.75, 3.05) is 31.1 Å². The summed E-state index contributed by atoms with van der Waals surface area (Å²) in [4.78, 5) is 16.4. The van der Waals surface area contributed by atoms with E-state index in [2.05, 4.69) is 30.8 Å². The molecule has 1 aliphatic rings. The molecule has 0 bridgehead atoms. The van der Waals surface area contributed by atoms with E-state index in [-0.39, 0.29) is 5.56 Å². The van der Waals surface area contributed by atoms with Gasteiger partial charge in [0.2, 0.25) is 0 Å². The summed E-state index contributed by atoms with van der Waals surface area (Å²) in [5.74, 6) is 0. The highest BCUT2D eigenvalue weighted by molar-refractivity contribution is 9.10. The van der Waals surface area contributed by atoms with Crippen molar-refractivity contribution in [2.45, 2.75) is 19.1 Å². The smallest absolute Gasteiger partial charge is 0.368 e. The maximum atomic E-state index is 12.7. The summed E-state index contributed by atoms with van der Waals surface area (Å²) >= 11 is 3.36. The first kappa shape index (κ1) is 19.9. The summed E-state index contributed by atoms with van der Waals surface area (Å²) in [5, 5.41) is 4.09. The first-order chi connectivity index (χ1) is 12.8. The zero-order chi connectivity index (χ0) is 19.6. The lowest BCUT2D eigenvalue weighted by Gasteiger charge is -2.24. The van der Waals surface area contributed by atoms with Crippen molar-refractivity contribution in [2.24, 2.45) is 7.05 Å². The van der Waals surface area contributed by atoms with E-state index >= 15 is 0 Å². The molecule has 2 aromatic rings. The van der Waals surface area contributed by atoms with Gasteiger partial charge in [0.05, 0.1) is 17.4 Å². The van der Waals surface area contributed by atoms with Crippen LogP contribution in [0.3, 0.4) is 0 Å². The minimum absolute atomic E-state index is 0.182. The maximum Gasteiger partial charge on any atom is 0.416 e. The van der Waals surface area contributed by atoms with Gasteiger partial charge in [-0.3, -0.25) is 9.69 Å². The zero-order valence-electron chi connectivity index (χ0n) is 14.8. The van der Waals surface area contributed by atoms with Crippen LogP contribution >= 0.6 is 15.9 Å². The number of rotatable bonds is 3. The van der Waals surface area contributed by atoms with Crippen LogP contribution < -0.4 is 10.5 Å². The molecule has 1 fully saturated rings. The second kappa shape index (κ2) is 8.02. The molecule has 0 amide bonds. The maximum absolute atomic E-state index is 12.7. The largest absolute Gasteiger partial charge is 0.416 e. The topological polar surface area (TPSA) is 41.4 Å². The van der Waals surface area contributed by atoms with Crippen LogP contribution in [0.15, 0.2) is 39.7 Å². The molecule has 1 aliphatic heterocycles. The molecule has 0 atom stereocenters. The van der Waals surface area contributed by atoms with Crippen LogP contribution in [0.5, 0.6) is 0 Å². The predicted molar refractivity (Wildman–Crippen MR) is 101 cm³/mol. The highest BCUT2D eigenvalue weighted by Crippen LogP contribution is 2.29. The third kappa shape index (κ3) is 4.70. The van der Waals surface area contributed by atoms with Crippen molar-refractivity contribution in [1.29, 1.82) is 0 Å². The third-order valence-electron chi connectivity index (χ3n) is 4.68. The Morgan fingerprint density at radius 3 is 2.48 bits per heavy atom. The Bertz CT molecular complexity index is 851. The predicted octanol–water partition coefficient (Wildman–Crippen LogP) is 3.27. The number of nitrogens with zero attached hydrogens (tertiary/aromatic N) is 4. The Kier molecular flexibility index (Phi) is 5.90. The Morgan fingerprint density at radius 2 is 1.81 bits per heavy atom. The van der Waals surface area contributed by atoms with Gasteiger partial charge in [0.25, 0.3) is 5.56 Å². The van der Waals surface area contributed by atoms with Gasteiger partial charge in [-0.2, -0.15) is 18.3 Å². The van der Waals surface area contributed by atoms with Gasteiger partial charge in [-0.25, -0.2) is 4.68 Å². The van der Waals surface area contributed by atoms with Gasteiger partial charge < -0.3 is 4.90 Å². The Morgan fingerprint density at radius 1 is 1.11 bits per heavy atom. The first-order valence-corrected chi connectivity index (χ1v) is 9.40. The van der Waals surface area contributed by atoms with Gasteiger partial charge in [-0.1, -0.05) is 12.1 Å². The fourth-order valence-electron chi connectivity index (χ4n) is 3.15. The summed E-state index contributed by atoms with van der Waals surface area (Å²) in [5.41, 5.74) is 0.817. The summed E-state index contributed by atoms with van der Waals surface area (Å²) < 4.78 is 39.8. The van der Waals surface area contributed by atoms with Crippen LogP contribution in [0, 0.1) is 0 Å². The van der Waals surface area contributed by atoms with Gasteiger partial charge in [0, 0.05) is 39.8 Å². The molecular weight excluding hydrogens is 425 g/mol. The second-order valence-electron chi connectivity index (χ2n) is 6.58. The van der Waals surface area contributed by atoms with E-state index in [1.54, 1.807) is 13.2 Å².